The zero-order chi connectivity index (χ0) is 20.7. The SMILES string of the molecule is CCOc1cc(/C=C(/NC(C)=O)C(=O)O)cc(I)c1OCc1ccccc1I. The molecule has 0 aromatic heterocycles. The lowest BCUT2D eigenvalue weighted by Gasteiger charge is -2.15. The third kappa shape index (κ3) is 6.36. The summed E-state index contributed by atoms with van der Waals surface area (Å²) in [4.78, 5) is 22.6. The fraction of sp³-hybridized carbons (Fsp3) is 0.200. The molecule has 2 aromatic rings. The molecule has 0 aliphatic carbocycles. The number of benzene rings is 2. The molecule has 0 saturated carbocycles. The molecule has 2 N–H and O–H groups in total. The molecule has 2 aromatic carbocycles. The van der Waals surface area contributed by atoms with E-state index in [1.54, 1.807) is 12.1 Å². The molecule has 0 spiro atoms. The van der Waals surface area contributed by atoms with Crippen molar-refractivity contribution in [2.45, 2.75) is 20.5 Å². The van der Waals surface area contributed by atoms with Gasteiger partial charge in [-0.3, -0.25) is 4.79 Å². The first-order chi connectivity index (χ1) is 13.3. The van der Waals surface area contributed by atoms with Crippen LogP contribution in [0.1, 0.15) is 25.0 Å². The number of halogens is 2. The first kappa shape index (κ1) is 22.5. The Kier molecular flexibility index (Phi) is 8.55. The summed E-state index contributed by atoms with van der Waals surface area (Å²) in [6.45, 7) is 3.93. The highest BCUT2D eigenvalue weighted by atomic mass is 127. The van der Waals surface area contributed by atoms with Crippen molar-refractivity contribution in [1.29, 1.82) is 0 Å². The van der Waals surface area contributed by atoms with Gasteiger partial charge in [-0.25, -0.2) is 4.79 Å². The number of carboxylic acids is 1. The van der Waals surface area contributed by atoms with Gasteiger partial charge in [-0.05, 0) is 81.9 Å². The third-order valence-corrected chi connectivity index (χ3v) is 5.37. The van der Waals surface area contributed by atoms with Gasteiger partial charge in [0.05, 0.1) is 10.2 Å². The summed E-state index contributed by atoms with van der Waals surface area (Å²) in [6, 6.07) is 11.4. The Hall–Kier alpha value is -1.82. The zero-order valence-corrected chi connectivity index (χ0v) is 19.6. The molecule has 0 saturated heterocycles. The van der Waals surface area contributed by atoms with Crippen molar-refractivity contribution >= 4 is 63.1 Å². The highest BCUT2D eigenvalue weighted by molar-refractivity contribution is 14.1. The minimum Gasteiger partial charge on any atom is -0.490 e. The highest BCUT2D eigenvalue weighted by Crippen LogP contribution is 2.35. The van der Waals surface area contributed by atoms with E-state index in [0.29, 0.717) is 30.3 Å². The van der Waals surface area contributed by atoms with Crippen LogP contribution in [0.5, 0.6) is 11.5 Å². The van der Waals surface area contributed by atoms with Gasteiger partial charge in [-0.15, -0.1) is 0 Å². The average molecular weight is 607 g/mol. The summed E-state index contributed by atoms with van der Waals surface area (Å²) in [5.74, 6) is -0.567. The molecule has 6 nitrogen and oxygen atoms in total. The number of carbonyl (C=O) groups excluding carboxylic acids is 1. The van der Waals surface area contributed by atoms with Crippen LogP contribution in [0.4, 0.5) is 0 Å². The molecule has 2 rings (SSSR count). The molecule has 0 atom stereocenters. The van der Waals surface area contributed by atoms with Gasteiger partial charge in [0.1, 0.15) is 12.3 Å². The number of hydrogen-bond donors (Lipinski definition) is 2. The number of nitrogens with one attached hydrogen (secondary N) is 1. The van der Waals surface area contributed by atoms with Crippen molar-refractivity contribution in [2.75, 3.05) is 6.61 Å². The molecule has 28 heavy (non-hydrogen) atoms. The number of rotatable bonds is 8. The molecule has 0 aliphatic heterocycles. The van der Waals surface area contributed by atoms with Crippen LogP contribution in [0.25, 0.3) is 6.08 Å². The Labute approximate surface area is 190 Å². The van der Waals surface area contributed by atoms with Crippen LogP contribution in [-0.4, -0.2) is 23.6 Å². The summed E-state index contributed by atoms with van der Waals surface area (Å²) in [6.07, 6.45) is 1.39. The molecule has 8 heteroatoms. The summed E-state index contributed by atoms with van der Waals surface area (Å²) in [5.41, 5.74) is 1.43. The second-order valence-corrected chi connectivity index (χ2v) is 8.01. The van der Waals surface area contributed by atoms with E-state index in [2.05, 4.69) is 50.5 Å². The molecule has 0 heterocycles. The molecule has 0 fully saturated rings. The maximum Gasteiger partial charge on any atom is 0.352 e. The maximum atomic E-state index is 11.4. The Morgan fingerprint density at radius 1 is 1.14 bits per heavy atom. The van der Waals surface area contributed by atoms with Crippen LogP contribution < -0.4 is 14.8 Å². The minimum atomic E-state index is -1.22. The fourth-order valence-electron chi connectivity index (χ4n) is 2.35. The van der Waals surface area contributed by atoms with Crippen LogP contribution >= 0.6 is 45.2 Å². The van der Waals surface area contributed by atoms with Crippen molar-refractivity contribution in [3.8, 4) is 11.5 Å². The van der Waals surface area contributed by atoms with E-state index in [9.17, 15) is 14.7 Å². The number of carbonyl (C=O) groups is 2. The Morgan fingerprint density at radius 3 is 2.46 bits per heavy atom. The smallest absolute Gasteiger partial charge is 0.352 e. The standard InChI is InChI=1S/C20H19I2NO5/c1-3-27-18-10-13(9-17(20(25)26)23-12(2)24)8-16(22)19(18)28-11-14-6-4-5-7-15(14)21/h4-10H,3,11H2,1-2H3,(H,23,24)(H,25,26)/b17-9+. The zero-order valence-electron chi connectivity index (χ0n) is 15.3. The topological polar surface area (TPSA) is 84.9 Å². The Morgan fingerprint density at radius 2 is 1.86 bits per heavy atom. The van der Waals surface area contributed by atoms with E-state index >= 15 is 0 Å². The van der Waals surface area contributed by atoms with Crippen LogP contribution in [0.3, 0.4) is 0 Å². The number of hydrogen-bond acceptors (Lipinski definition) is 4. The number of amides is 1. The predicted molar refractivity (Wildman–Crippen MR) is 123 cm³/mol. The van der Waals surface area contributed by atoms with E-state index in [0.717, 1.165) is 12.7 Å². The van der Waals surface area contributed by atoms with Crippen molar-refractivity contribution in [1.82, 2.24) is 5.32 Å². The predicted octanol–water partition coefficient (Wildman–Crippen LogP) is 4.44. The monoisotopic (exact) mass is 607 g/mol. The van der Waals surface area contributed by atoms with E-state index in [4.69, 9.17) is 9.47 Å². The van der Waals surface area contributed by atoms with Gasteiger partial charge >= 0.3 is 5.97 Å². The van der Waals surface area contributed by atoms with E-state index in [1.165, 1.54) is 13.0 Å². The normalized spacial score (nSPS) is 11.1. The lowest BCUT2D eigenvalue weighted by molar-refractivity contribution is -0.134. The van der Waals surface area contributed by atoms with Gasteiger partial charge in [0.25, 0.3) is 0 Å². The second-order valence-electron chi connectivity index (χ2n) is 5.69. The molecule has 1 amide bonds. The first-order valence-corrected chi connectivity index (χ1v) is 10.5. The second kappa shape index (κ2) is 10.6. The third-order valence-electron chi connectivity index (χ3n) is 3.51. The van der Waals surface area contributed by atoms with Gasteiger partial charge < -0.3 is 19.9 Å². The van der Waals surface area contributed by atoms with Crippen molar-refractivity contribution < 1.29 is 24.2 Å². The molecule has 0 radical (unpaired) electrons. The van der Waals surface area contributed by atoms with E-state index in [1.807, 2.05) is 31.2 Å². The number of ether oxygens (including phenoxy) is 2. The van der Waals surface area contributed by atoms with Crippen molar-refractivity contribution in [3.63, 3.8) is 0 Å². The van der Waals surface area contributed by atoms with Crippen LogP contribution in [-0.2, 0) is 16.2 Å². The number of carboxylic acid groups (broad SMARTS) is 1. The van der Waals surface area contributed by atoms with Gasteiger partial charge in [-0.1, -0.05) is 18.2 Å². The van der Waals surface area contributed by atoms with Crippen molar-refractivity contribution in [3.05, 3.63) is 60.4 Å². The summed E-state index contributed by atoms with van der Waals surface area (Å²) >= 11 is 4.38. The minimum absolute atomic E-state index is 0.210. The fourth-order valence-corrected chi connectivity index (χ4v) is 3.67. The highest BCUT2D eigenvalue weighted by Gasteiger charge is 2.15. The lowest BCUT2D eigenvalue weighted by atomic mass is 10.1. The molecular weight excluding hydrogens is 588 g/mol. The number of aliphatic carboxylic acids is 1. The lowest BCUT2D eigenvalue weighted by Crippen LogP contribution is -2.24. The molecule has 148 valence electrons. The van der Waals surface area contributed by atoms with E-state index < -0.39 is 11.9 Å². The molecule has 0 unspecified atom stereocenters. The molecular formula is C20H19I2NO5. The van der Waals surface area contributed by atoms with Gasteiger partial charge in [0, 0.05) is 16.1 Å². The largest absolute Gasteiger partial charge is 0.490 e. The summed E-state index contributed by atoms with van der Waals surface area (Å²) < 4.78 is 13.6. The Bertz CT molecular complexity index is 911. The van der Waals surface area contributed by atoms with Crippen LogP contribution in [0.2, 0.25) is 0 Å². The molecule has 0 bridgehead atoms. The van der Waals surface area contributed by atoms with Crippen LogP contribution in [0, 0.1) is 7.14 Å². The van der Waals surface area contributed by atoms with Gasteiger partial charge in [0.15, 0.2) is 11.5 Å². The average Bonchev–Trinajstić information content (AvgIpc) is 2.61. The first-order valence-electron chi connectivity index (χ1n) is 8.37. The molecule has 0 aliphatic rings. The Balaban J connectivity index is 2.36. The summed E-state index contributed by atoms with van der Waals surface area (Å²) in [7, 11) is 0. The van der Waals surface area contributed by atoms with Crippen LogP contribution in [0.15, 0.2) is 42.1 Å². The maximum absolute atomic E-state index is 11.4. The summed E-state index contributed by atoms with van der Waals surface area (Å²) in [5, 5.41) is 11.6. The van der Waals surface area contributed by atoms with E-state index in [-0.39, 0.29) is 5.70 Å². The van der Waals surface area contributed by atoms with Crippen molar-refractivity contribution in [2.24, 2.45) is 0 Å². The quantitative estimate of drug-likeness (QED) is 0.343. The van der Waals surface area contributed by atoms with Gasteiger partial charge in [0.2, 0.25) is 5.91 Å². The van der Waals surface area contributed by atoms with Gasteiger partial charge in [-0.2, -0.15) is 0 Å².